The fourth-order valence-electron chi connectivity index (χ4n) is 4.59. The summed E-state index contributed by atoms with van der Waals surface area (Å²) in [6, 6.07) is 18.9. The molecule has 144 valence electrons. The van der Waals surface area contributed by atoms with Gasteiger partial charge >= 0.3 is 0 Å². The summed E-state index contributed by atoms with van der Waals surface area (Å²) in [6.45, 7) is 2.12. The number of carbonyl (C=O) groups is 1. The lowest BCUT2D eigenvalue weighted by atomic mass is 9.79. The molecule has 0 aromatic heterocycles. The number of benzene rings is 2. The molecule has 1 atom stereocenters. The first-order valence-corrected chi connectivity index (χ1v) is 10.4. The average Bonchev–Trinajstić information content (AvgIpc) is 2.73. The molecular weight excluding hydrogens is 330 g/mol. The minimum Gasteiger partial charge on any atom is -0.297 e. The summed E-state index contributed by atoms with van der Waals surface area (Å²) < 4.78 is 0. The second kappa shape index (κ2) is 8.84. The van der Waals surface area contributed by atoms with Gasteiger partial charge in [0, 0.05) is 5.56 Å². The van der Waals surface area contributed by atoms with Gasteiger partial charge in [-0.2, -0.15) is 0 Å². The maximum atomic E-state index is 13.6. The van der Waals surface area contributed by atoms with E-state index in [-0.39, 0.29) is 5.78 Å². The Kier molecular flexibility index (Phi) is 6.49. The summed E-state index contributed by atoms with van der Waals surface area (Å²) in [5.74, 6) is 0.908. The van der Waals surface area contributed by atoms with Crippen LogP contribution in [0.25, 0.3) is 0 Å². The third-order valence-electron chi connectivity index (χ3n) is 6.45. The monoisotopic (exact) mass is 363 g/mol. The summed E-state index contributed by atoms with van der Waals surface area (Å²) >= 11 is 0. The third-order valence-corrected chi connectivity index (χ3v) is 6.45. The van der Waals surface area contributed by atoms with Crippen LogP contribution in [0.2, 0.25) is 0 Å². The molecule has 2 aromatic carbocycles. The molecule has 1 aliphatic carbocycles. The second-order valence-corrected chi connectivity index (χ2v) is 8.23. The van der Waals surface area contributed by atoms with Gasteiger partial charge in [-0.25, -0.2) is 0 Å². The van der Waals surface area contributed by atoms with Crippen molar-refractivity contribution in [1.29, 1.82) is 0 Å². The number of hydrogen-bond donors (Lipinski definition) is 0. The van der Waals surface area contributed by atoms with Crippen LogP contribution in [0, 0.1) is 0 Å². The van der Waals surface area contributed by atoms with E-state index in [1.807, 2.05) is 20.2 Å². The van der Waals surface area contributed by atoms with E-state index >= 15 is 0 Å². The molecule has 0 amide bonds. The SMILES string of the molecule is CCC(Cc1ccccc1)(C(=O)c1ccc(C2CCCCC2)cc1)N(C)C. The van der Waals surface area contributed by atoms with E-state index in [9.17, 15) is 4.79 Å². The molecule has 1 unspecified atom stereocenters. The molecule has 1 saturated carbocycles. The minimum absolute atomic E-state index is 0.231. The molecule has 0 heterocycles. The quantitative estimate of drug-likeness (QED) is 0.573. The Morgan fingerprint density at radius 2 is 1.59 bits per heavy atom. The number of likely N-dealkylation sites (N-methyl/N-ethyl adjacent to an activating group) is 1. The first-order chi connectivity index (χ1) is 13.1. The van der Waals surface area contributed by atoms with Crippen LogP contribution >= 0.6 is 0 Å². The van der Waals surface area contributed by atoms with Crippen LogP contribution in [-0.2, 0) is 6.42 Å². The summed E-state index contributed by atoms with van der Waals surface area (Å²) in [6.07, 6.45) is 8.15. The van der Waals surface area contributed by atoms with Crippen LogP contribution < -0.4 is 0 Å². The maximum absolute atomic E-state index is 13.6. The van der Waals surface area contributed by atoms with Gasteiger partial charge in [-0.3, -0.25) is 9.69 Å². The summed E-state index contributed by atoms with van der Waals surface area (Å²) in [5.41, 5.74) is 2.94. The van der Waals surface area contributed by atoms with Crippen molar-refractivity contribution in [2.45, 2.75) is 63.3 Å². The molecule has 0 spiro atoms. The maximum Gasteiger partial charge on any atom is 0.183 e. The van der Waals surface area contributed by atoms with Crippen molar-refractivity contribution in [3.05, 3.63) is 71.3 Å². The van der Waals surface area contributed by atoms with Gasteiger partial charge in [0.05, 0.1) is 5.54 Å². The molecule has 0 N–H and O–H groups in total. The van der Waals surface area contributed by atoms with Crippen molar-refractivity contribution >= 4 is 5.78 Å². The fraction of sp³-hybridized carbons (Fsp3) is 0.480. The molecule has 0 radical (unpaired) electrons. The normalized spacial score (nSPS) is 17.6. The average molecular weight is 364 g/mol. The van der Waals surface area contributed by atoms with Crippen LogP contribution in [-0.4, -0.2) is 30.3 Å². The zero-order valence-electron chi connectivity index (χ0n) is 17.1. The summed E-state index contributed by atoms with van der Waals surface area (Å²) in [7, 11) is 4.06. The highest BCUT2D eigenvalue weighted by Crippen LogP contribution is 2.33. The molecule has 2 heteroatoms. The lowest BCUT2D eigenvalue weighted by Gasteiger charge is -2.38. The standard InChI is InChI=1S/C25H33NO/c1-4-25(26(2)3,19-20-11-7-5-8-12-20)24(27)23-17-15-22(16-18-23)21-13-9-6-10-14-21/h5,7-8,11-12,15-18,21H,4,6,9-10,13-14,19H2,1-3H3. The predicted molar refractivity (Wildman–Crippen MR) is 113 cm³/mol. The van der Waals surface area contributed by atoms with Gasteiger partial charge in [0.15, 0.2) is 5.78 Å². The first kappa shape index (κ1) is 19.8. The van der Waals surface area contributed by atoms with Crippen LogP contribution in [0.5, 0.6) is 0 Å². The van der Waals surface area contributed by atoms with Crippen LogP contribution in [0.3, 0.4) is 0 Å². The number of rotatable bonds is 7. The zero-order valence-corrected chi connectivity index (χ0v) is 17.1. The van der Waals surface area contributed by atoms with Gasteiger partial charge in [-0.05, 0) is 56.8 Å². The molecule has 0 aliphatic heterocycles. The number of Topliss-reactive ketones (excluding diaryl/α,β-unsaturated/α-hetero) is 1. The molecule has 2 aromatic rings. The Morgan fingerprint density at radius 3 is 2.15 bits per heavy atom. The molecular formula is C25H33NO. The largest absolute Gasteiger partial charge is 0.297 e. The Balaban J connectivity index is 1.85. The van der Waals surface area contributed by atoms with Crippen molar-refractivity contribution in [3.8, 4) is 0 Å². The number of ketones is 1. The summed E-state index contributed by atoms with van der Waals surface area (Å²) in [4.78, 5) is 15.7. The third kappa shape index (κ3) is 4.32. The molecule has 1 fully saturated rings. The lowest BCUT2D eigenvalue weighted by molar-refractivity contribution is 0.0666. The molecule has 0 saturated heterocycles. The lowest BCUT2D eigenvalue weighted by Crippen LogP contribution is -2.52. The smallest absolute Gasteiger partial charge is 0.183 e. The van der Waals surface area contributed by atoms with E-state index in [1.54, 1.807) is 0 Å². The van der Waals surface area contributed by atoms with Crippen molar-refractivity contribution < 1.29 is 4.79 Å². The second-order valence-electron chi connectivity index (χ2n) is 8.23. The molecule has 2 nitrogen and oxygen atoms in total. The van der Waals surface area contributed by atoms with Gasteiger partial charge in [0.25, 0.3) is 0 Å². The van der Waals surface area contributed by atoms with Crippen molar-refractivity contribution in [2.75, 3.05) is 14.1 Å². The van der Waals surface area contributed by atoms with E-state index in [0.29, 0.717) is 5.92 Å². The van der Waals surface area contributed by atoms with Gasteiger partial charge in [-0.15, -0.1) is 0 Å². The fourth-order valence-corrected chi connectivity index (χ4v) is 4.59. The van der Waals surface area contributed by atoms with E-state index in [4.69, 9.17) is 0 Å². The molecule has 27 heavy (non-hydrogen) atoms. The van der Waals surface area contributed by atoms with Gasteiger partial charge in [0.1, 0.15) is 0 Å². The highest BCUT2D eigenvalue weighted by molar-refractivity contribution is 6.03. The molecule has 0 bridgehead atoms. The highest BCUT2D eigenvalue weighted by atomic mass is 16.1. The highest BCUT2D eigenvalue weighted by Gasteiger charge is 2.39. The topological polar surface area (TPSA) is 20.3 Å². The Labute approximate surface area is 164 Å². The Hall–Kier alpha value is -1.93. The Morgan fingerprint density at radius 1 is 0.963 bits per heavy atom. The van der Waals surface area contributed by atoms with E-state index in [0.717, 1.165) is 18.4 Å². The zero-order chi connectivity index (χ0) is 19.3. The van der Waals surface area contributed by atoms with Crippen molar-refractivity contribution in [2.24, 2.45) is 0 Å². The van der Waals surface area contributed by atoms with E-state index in [1.165, 1.54) is 43.2 Å². The van der Waals surface area contributed by atoms with Crippen LogP contribution in [0.15, 0.2) is 54.6 Å². The van der Waals surface area contributed by atoms with E-state index < -0.39 is 5.54 Å². The van der Waals surface area contributed by atoms with E-state index in [2.05, 4.69) is 60.4 Å². The van der Waals surface area contributed by atoms with Crippen LogP contribution in [0.1, 0.15) is 72.9 Å². The predicted octanol–water partition coefficient (Wildman–Crippen LogP) is 5.87. The minimum atomic E-state index is -0.506. The molecule has 1 aliphatic rings. The van der Waals surface area contributed by atoms with Crippen molar-refractivity contribution in [1.82, 2.24) is 4.90 Å². The van der Waals surface area contributed by atoms with Gasteiger partial charge in [-0.1, -0.05) is 80.8 Å². The Bertz CT molecular complexity index is 729. The number of nitrogens with zero attached hydrogens (tertiary/aromatic N) is 1. The first-order valence-electron chi connectivity index (χ1n) is 10.4. The summed E-state index contributed by atoms with van der Waals surface area (Å²) in [5, 5.41) is 0. The van der Waals surface area contributed by atoms with Gasteiger partial charge < -0.3 is 0 Å². The molecule has 3 rings (SSSR count). The van der Waals surface area contributed by atoms with Gasteiger partial charge in [0.2, 0.25) is 0 Å². The van der Waals surface area contributed by atoms with Crippen molar-refractivity contribution in [3.63, 3.8) is 0 Å². The number of hydrogen-bond acceptors (Lipinski definition) is 2. The van der Waals surface area contributed by atoms with Crippen LogP contribution in [0.4, 0.5) is 0 Å². The number of carbonyl (C=O) groups excluding carboxylic acids is 1.